The summed E-state index contributed by atoms with van der Waals surface area (Å²) in [6.07, 6.45) is 0.752. The first kappa shape index (κ1) is 29.7. The molecule has 0 bridgehead atoms. The van der Waals surface area contributed by atoms with E-state index in [9.17, 15) is 18.8 Å². The Labute approximate surface area is 238 Å². The minimum atomic E-state index is -1.15. The van der Waals surface area contributed by atoms with Gasteiger partial charge in [-0.1, -0.05) is 48.5 Å². The van der Waals surface area contributed by atoms with Crippen molar-refractivity contribution in [2.24, 2.45) is 5.73 Å². The number of halogens is 1. The number of nitrogens with one attached hydrogen (secondary N) is 3. The summed E-state index contributed by atoms with van der Waals surface area (Å²) in [5, 5.41) is 17.0. The highest BCUT2D eigenvalue weighted by molar-refractivity contribution is 6.01. The second-order valence-electron chi connectivity index (χ2n) is 10.7. The van der Waals surface area contributed by atoms with Crippen molar-refractivity contribution >= 4 is 23.5 Å². The Morgan fingerprint density at radius 1 is 1.07 bits per heavy atom. The van der Waals surface area contributed by atoms with Crippen LogP contribution < -0.4 is 26.6 Å². The molecule has 1 aliphatic rings. The Balaban J connectivity index is 1.56. The largest absolute Gasteiger partial charge is 0.395 e. The SMILES string of the molecule is CC(C)(N)C(=O)N[C@@H]1CCc2cc(F)ccc2N(Cc2ccc(-c3ccccc3CNC(=O)NCCO)cc2)C1=O. The number of benzene rings is 3. The van der Waals surface area contributed by atoms with E-state index in [0.717, 1.165) is 22.3 Å². The van der Waals surface area contributed by atoms with Gasteiger partial charge in [-0.15, -0.1) is 0 Å². The predicted octanol–water partition coefficient (Wildman–Crippen LogP) is 2.99. The van der Waals surface area contributed by atoms with Crippen LogP contribution in [-0.4, -0.2) is 47.7 Å². The first-order valence-electron chi connectivity index (χ1n) is 13.6. The summed E-state index contributed by atoms with van der Waals surface area (Å²) in [5.41, 5.74) is 9.75. The fraction of sp³-hybridized carbons (Fsp3) is 0.323. The Bertz CT molecular complexity index is 1400. The van der Waals surface area contributed by atoms with Gasteiger partial charge >= 0.3 is 6.03 Å². The molecular formula is C31H36FN5O4. The van der Waals surface area contributed by atoms with Crippen LogP contribution in [0.5, 0.6) is 0 Å². The van der Waals surface area contributed by atoms with E-state index in [1.807, 2.05) is 48.5 Å². The van der Waals surface area contributed by atoms with Crippen molar-refractivity contribution in [3.8, 4) is 11.1 Å². The van der Waals surface area contributed by atoms with Crippen LogP contribution in [0.1, 0.15) is 37.0 Å². The van der Waals surface area contributed by atoms with Crippen molar-refractivity contribution in [2.75, 3.05) is 18.1 Å². The van der Waals surface area contributed by atoms with Crippen molar-refractivity contribution in [3.05, 3.63) is 89.2 Å². The second-order valence-corrected chi connectivity index (χ2v) is 10.7. The van der Waals surface area contributed by atoms with Gasteiger partial charge in [0.25, 0.3) is 0 Å². The van der Waals surface area contributed by atoms with E-state index in [2.05, 4.69) is 16.0 Å². The maximum Gasteiger partial charge on any atom is 0.315 e. The number of nitrogens with two attached hydrogens (primary N) is 1. The number of hydrogen-bond donors (Lipinski definition) is 5. The smallest absolute Gasteiger partial charge is 0.315 e. The molecule has 216 valence electrons. The summed E-state index contributed by atoms with van der Waals surface area (Å²) in [6, 6.07) is 18.7. The molecule has 0 aromatic heterocycles. The van der Waals surface area contributed by atoms with Gasteiger partial charge in [-0.2, -0.15) is 0 Å². The highest BCUT2D eigenvalue weighted by Gasteiger charge is 2.34. The van der Waals surface area contributed by atoms with Gasteiger partial charge in [-0.25, -0.2) is 9.18 Å². The number of amides is 4. The standard InChI is InChI=1S/C31H36FN5O4/c1-31(2,33)29(40)36-26-13-11-22-17-24(32)12-14-27(22)37(28(26)39)19-20-7-9-21(10-8-20)25-6-4-3-5-23(25)18-35-30(41)34-15-16-38/h3-10,12,14,17,26,38H,11,13,15-16,18-19,33H2,1-2H3,(H,36,40)(H2,34,35,41)/t26-/m1/s1. The normalized spacial score (nSPS) is 15.1. The monoisotopic (exact) mass is 561 g/mol. The Kier molecular flexibility index (Phi) is 9.36. The molecule has 10 heteroatoms. The number of urea groups is 1. The number of anilines is 1. The fourth-order valence-electron chi connectivity index (χ4n) is 4.72. The molecule has 4 rings (SSSR count). The molecule has 3 aromatic carbocycles. The van der Waals surface area contributed by atoms with Gasteiger partial charge in [-0.3, -0.25) is 9.59 Å². The molecule has 0 unspecified atom stereocenters. The van der Waals surface area contributed by atoms with Crippen molar-refractivity contribution in [1.82, 2.24) is 16.0 Å². The lowest BCUT2D eigenvalue weighted by Crippen LogP contribution is -2.56. The zero-order valence-electron chi connectivity index (χ0n) is 23.2. The molecule has 9 nitrogen and oxygen atoms in total. The molecule has 1 atom stereocenters. The van der Waals surface area contributed by atoms with Crippen molar-refractivity contribution < 1.29 is 23.9 Å². The van der Waals surface area contributed by atoms with Crippen LogP contribution >= 0.6 is 0 Å². The lowest BCUT2D eigenvalue weighted by Gasteiger charge is -2.28. The highest BCUT2D eigenvalue weighted by atomic mass is 19.1. The Morgan fingerprint density at radius 3 is 2.51 bits per heavy atom. The number of carbonyl (C=O) groups excluding carboxylic acids is 3. The predicted molar refractivity (Wildman–Crippen MR) is 155 cm³/mol. The lowest BCUT2D eigenvalue weighted by atomic mass is 9.98. The fourth-order valence-corrected chi connectivity index (χ4v) is 4.72. The molecule has 0 saturated carbocycles. The van der Waals surface area contributed by atoms with Crippen LogP contribution in [0.4, 0.5) is 14.9 Å². The minimum Gasteiger partial charge on any atom is -0.395 e. The number of fused-ring (bicyclic) bond motifs is 1. The van der Waals surface area contributed by atoms with Crippen LogP contribution in [-0.2, 0) is 29.1 Å². The first-order chi connectivity index (χ1) is 19.6. The zero-order valence-corrected chi connectivity index (χ0v) is 23.2. The second kappa shape index (κ2) is 12.9. The van der Waals surface area contributed by atoms with E-state index in [1.54, 1.807) is 24.8 Å². The van der Waals surface area contributed by atoms with Gasteiger partial charge in [0.05, 0.1) is 18.7 Å². The van der Waals surface area contributed by atoms with Crippen molar-refractivity contribution in [2.45, 2.75) is 51.4 Å². The quantitative estimate of drug-likeness (QED) is 0.274. The number of aryl methyl sites for hydroxylation is 1. The first-order valence-corrected chi connectivity index (χ1v) is 13.6. The molecule has 1 heterocycles. The zero-order chi connectivity index (χ0) is 29.6. The van der Waals surface area contributed by atoms with E-state index in [-0.39, 0.29) is 37.5 Å². The van der Waals surface area contributed by atoms with Gasteiger partial charge in [0.15, 0.2) is 0 Å². The summed E-state index contributed by atoms with van der Waals surface area (Å²) in [7, 11) is 0. The minimum absolute atomic E-state index is 0.136. The third-order valence-corrected chi connectivity index (χ3v) is 6.95. The van der Waals surface area contributed by atoms with E-state index >= 15 is 0 Å². The van der Waals surface area contributed by atoms with Gasteiger partial charge in [0.2, 0.25) is 11.8 Å². The maximum atomic E-state index is 14.1. The summed E-state index contributed by atoms with van der Waals surface area (Å²) in [5.74, 6) is -1.10. The number of aliphatic hydroxyl groups is 1. The molecule has 3 aromatic rings. The number of hydrogen-bond acceptors (Lipinski definition) is 5. The van der Waals surface area contributed by atoms with Crippen LogP contribution in [0, 0.1) is 5.82 Å². The van der Waals surface area contributed by atoms with E-state index in [1.165, 1.54) is 12.1 Å². The van der Waals surface area contributed by atoms with Crippen LogP contribution in [0.2, 0.25) is 0 Å². The highest BCUT2D eigenvalue weighted by Crippen LogP contribution is 2.31. The van der Waals surface area contributed by atoms with Crippen LogP contribution in [0.15, 0.2) is 66.7 Å². The van der Waals surface area contributed by atoms with Crippen LogP contribution in [0.3, 0.4) is 0 Å². The molecule has 0 aliphatic carbocycles. The molecule has 0 saturated heterocycles. The van der Waals surface area contributed by atoms with E-state index < -0.39 is 17.5 Å². The Morgan fingerprint density at radius 2 is 1.80 bits per heavy atom. The molecular weight excluding hydrogens is 525 g/mol. The number of rotatable bonds is 9. The molecule has 6 N–H and O–H groups in total. The molecule has 1 aliphatic heterocycles. The van der Waals surface area contributed by atoms with Gasteiger partial charge in [0.1, 0.15) is 11.9 Å². The number of aliphatic hydroxyl groups excluding tert-OH is 1. The number of carbonyl (C=O) groups is 3. The van der Waals surface area contributed by atoms with Gasteiger partial charge < -0.3 is 31.7 Å². The van der Waals surface area contributed by atoms with Crippen LogP contribution in [0.25, 0.3) is 11.1 Å². The lowest BCUT2D eigenvalue weighted by molar-refractivity contribution is -0.130. The molecule has 41 heavy (non-hydrogen) atoms. The Hall–Kier alpha value is -4.28. The number of nitrogens with zero attached hydrogens (tertiary/aromatic N) is 1. The van der Waals surface area contributed by atoms with Gasteiger partial charge in [-0.05, 0) is 72.7 Å². The third kappa shape index (κ3) is 7.47. The van der Waals surface area contributed by atoms with Crippen molar-refractivity contribution in [3.63, 3.8) is 0 Å². The summed E-state index contributed by atoms with van der Waals surface area (Å²) in [4.78, 5) is 39.8. The summed E-state index contributed by atoms with van der Waals surface area (Å²) in [6.45, 7) is 3.72. The topological polar surface area (TPSA) is 137 Å². The molecule has 4 amide bonds. The van der Waals surface area contributed by atoms with Gasteiger partial charge in [0, 0.05) is 18.8 Å². The van der Waals surface area contributed by atoms with E-state index in [4.69, 9.17) is 10.8 Å². The molecule has 0 fully saturated rings. The average Bonchev–Trinajstić information content (AvgIpc) is 3.07. The van der Waals surface area contributed by atoms with Crippen molar-refractivity contribution in [1.29, 1.82) is 0 Å². The summed E-state index contributed by atoms with van der Waals surface area (Å²) < 4.78 is 14.1. The van der Waals surface area contributed by atoms with E-state index in [0.29, 0.717) is 30.6 Å². The summed E-state index contributed by atoms with van der Waals surface area (Å²) >= 11 is 0. The third-order valence-electron chi connectivity index (χ3n) is 6.95. The molecule has 0 spiro atoms. The molecule has 0 radical (unpaired) electrons. The average molecular weight is 562 g/mol. The maximum absolute atomic E-state index is 14.1.